The van der Waals surface area contributed by atoms with E-state index < -0.39 is 6.29 Å². The lowest BCUT2D eigenvalue weighted by atomic mass is 10.2. The highest BCUT2D eigenvalue weighted by Gasteiger charge is 2.20. The van der Waals surface area contributed by atoms with E-state index in [9.17, 15) is 4.79 Å². The van der Waals surface area contributed by atoms with E-state index in [1.54, 1.807) is 0 Å². The van der Waals surface area contributed by atoms with Gasteiger partial charge in [-0.3, -0.25) is 9.48 Å². The Labute approximate surface area is 121 Å². The van der Waals surface area contributed by atoms with Crippen LogP contribution in [0, 0.1) is 0 Å². The summed E-state index contributed by atoms with van der Waals surface area (Å²) in [5, 5.41) is 4.48. The molecule has 20 heavy (non-hydrogen) atoms. The lowest BCUT2D eigenvalue weighted by Gasteiger charge is -2.15. The van der Waals surface area contributed by atoms with Crippen LogP contribution in [0.15, 0.2) is 12.3 Å². The van der Waals surface area contributed by atoms with Crippen molar-refractivity contribution in [1.29, 1.82) is 0 Å². The summed E-state index contributed by atoms with van der Waals surface area (Å²) in [6.45, 7) is 8.89. The fourth-order valence-electron chi connectivity index (χ4n) is 2.14. The maximum absolute atomic E-state index is 12.1. The molecule has 0 aromatic carbocycles. The van der Waals surface area contributed by atoms with Crippen LogP contribution in [-0.4, -0.2) is 35.1 Å². The van der Waals surface area contributed by atoms with Crippen LogP contribution in [0.3, 0.4) is 0 Å². The van der Waals surface area contributed by atoms with Crippen LogP contribution in [0.4, 0.5) is 0 Å². The van der Waals surface area contributed by atoms with Crippen molar-refractivity contribution in [3.8, 4) is 0 Å². The summed E-state index contributed by atoms with van der Waals surface area (Å²) in [7, 11) is 0. The molecule has 1 aromatic heterocycles. The number of nitrogens with zero attached hydrogens (tertiary/aromatic N) is 2. The number of hydrogen-bond acceptors (Lipinski definition) is 4. The number of Topliss-reactive ketones (excluding diaryl/α,β-unsaturated/α-hetero) is 1. The van der Waals surface area contributed by atoms with E-state index in [2.05, 4.69) is 18.9 Å². The summed E-state index contributed by atoms with van der Waals surface area (Å²) in [6.07, 6.45) is 3.48. The molecule has 1 aromatic rings. The molecule has 0 bridgehead atoms. The fourth-order valence-corrected chi connectivity index (χ4v) is 2.14. The van der Waals surface area contributed by atoms with Gasteiger partial charge in [0.1, 0.15) is 0 Å². The van der Waals surface area contributed by atoms with E-state index in [1.165, 1.54) is 0 Å². The number of carbonyl (C=O) groups is 1. The zero-order chi connectivity index (χ0) is 15.0. The van der Waals surface area contributed by atoms with Gasteiger partial charge in [0.25, 0.3) is 0 Å². The van der Waals surface area contributed by atoms with Crippen LogP contribution in [0.1, 0.15) is 52.3 Å². The van der Waals surface area contributed by atoms with Crippen molar-refractivity contribution in [3.05, 3.63) is 18.0 Å². The number of rotatable bonds is 10. The van der Waals surface area contributed by atoms with E-state index in [-0.39, 0.29) is 12.2 Å². The molecule has 0 amide bonds. The number of aromatic nitrogens is 2. The molecule has 1 rings (SSSR count). The Balaban J connectivity index is 2.65. The fraction of sp³-hybridized carbons (Fsp3) is 0.733. The molecule has 0 aliphatic rings. The van der Waals surface area contributed by atoms with Gasteiger partial charge in [-0.2, -0.15) is 5.10 Å². The molecule has 0 fully saturated rings. The Hall–Kier alpha value is -1.20. The van der Waals surface area contributed by atoms with Gasteiger partial charge < -0.3 is 9.47 Å². The molecule has 0 saturated carbocycles. The lowest BCUT2D eigenvalue weighted by Crippen LogP contribution is -2.29. The Kier molecular flexibility index (Phi) is 7.47. The SMILES string of the molecule is CCOC(OCC)C(=O)Cc1ccn(C(CC)CC)n1. The second-order valence-corrected chi connectivity index (χ2v) is 4.64. The van der Waals surface area contributed by atoms with Gasteiger partial charge in [0.05, 0.1) is 18.2 Å². The van der Waals surface area contributed by atoms with Gasteiger partial charge in [0, 0.05) is 19.4 Å². The predicted molar refractivity (Wildman–Crippen MR) is 77.6 cm³/mol. The van der Waals surface area contributed by atoms with Gasteiger partial charge in [-0.05, 0) is 32.8 Å². The Morgan fingerprint density at radius 1 is 1.20 bits per heavy atom. The zero-order valence-corrected chi connectivity index (χ0v) is 13.0. The summed E-state index contributed by atoms with van der Waals surface area (Å²) in [4.78, 5) is 12.1. The van der Waals surface area contributed by atoms with Crippen molar-refractivity contribution >= 4 is 5.78 Å². The molecule has 0 aliphatic heterocycles. The second kappa shape index (κ2) is 8.87. The first-order valence-electron chi connectivity index (χ1n) is 7.46. The van der Waals surface area contributed by atoms with Gasteiger partial charge in [-0.1, -0.05) is 13.8 Å². The minimum atomic E-state index is -0.775. The molecular formula is C15H26N2O3. The highest BCUT2D eigenvalue weighted by Crippen LogP contribution is 2.15. The van der Waals surface area contributed by atoms with Gasteiger partial charge in [0.15, 0.2) is 5.78 Å². The molecular weight excluding hydrogens is 256 g/mol. The first kappa shape index (κ1) is 16.9. The van der Waals surface area contributed by atoms with E-state index in [4.69, 9.17) is 9.47 Å². The summed E-state index contributed by atoms with van der Waals surface area (Å²) >= 11 is 0. The van der Waals surface area contributed by atoms with Crippen molar-refractivity contribution in [2.24, 2.45) is 0 Å². The van der Waals surface area contributed by atoms with Crippen molar-refractivity contribution < 1.29 is 14.3 Å². The third kappa shape index (κ3) is 4.72. The normalized spacial score (nSPS) is 11.5. The molecule has 5 nitrogen and oxygen atoms in total. The molecule has 1 heterocycles. The average molecular weight is 282 g/mol. The smallest absolute Gasteiger partial charge is 0.218 e. The van der Waals surface area contributed by atoms with Crippen LogP contribution in [0.25, 0.3) is 0 Å². The lowest BCUT2D eigenvalue weighted by molar-refractivity contribution is -0.167. The summed E-state index contributed by atoms with van der Waals surface area (Å²) in [5.41, 5.74) is 0.770. The molecule has 0 unspecified atom stereocenters. The summed E-state index contributed by atoms with van der Waals surface area (Å²) in [5.74, 6) is -0.0801. The first-order chi connectivity index (χ1) is 9.65. The van der Waals surface area contributed by atoms with Crippen LogP contribution in [0.2, 0.25) is 0 Å². The maximum Gasteiger partial charge on any atom is 0.218 e. The second-order valence-electron chi connectivity index (χ2n) is 4.64. The highest BCUT2D eigenvalue weighted by molar-refractivity contribution is 5.83. The van der Waals surface area contributed by atoms with Gasteiger partial charge >= 0.3 is 0 Å². The van der Waals surface area contributed by atoms with E-state index in [1.807, 2.05) is 30.8 Å². The predicted octanol–water partition coefficient (Wildman–Crippen LogP) is 2.75. The first-order valence-corrected chi connectivity index (χ1v) is 7.46. The zero-order valence-electron chi connectivity index (χ0n) is 13.0. The standard InChI is InChI=1S/C15H26N2O3/c1-5-13(6-2)17-10-9-12(16-17)11-14(18)15(19-7-3)20-8-4/h9-10,13,15H,5-8,11H2,1-4H3. The third-order valence-electron chi connectivity index (χ3n) is 3.23. The van der Waals surface area contributed by atoms with E-state index >= 15 is 0 Å². The van der Waals surface area contributed by atoms with Crippen LogP contribution in [-0.2, 0) is 20.7 Å². The van der Waals surface area contributed by atoms with E-state index in [0.717, 1.165) is 18.5 Å². The van der Waals surface area contributed by atoms with Crippen LogP contribution in [0.5, 0.6) is 0 Å². The minimum absolute atomic E-state index is 0.0801. The number of hydrogen-bond donors (Lipinski definition) is 0. The summed E-state index contributed by atoms with van der Waals surface area (Å²) < 4.78 is 12.6. The van der Waals surface area contributed by atoms with Gasteiger partial charge in [0.2, 0.25) is 6.29 Å². The summed E-state index contributed by atoms with van der Waals surface area (Å²) in [6, 6.07) is 2.29. The molecule has 5 heteroatoms. The van der Waals surface area contributed by atoms with Gasteiger partial charge in [-0.15, -0.1) is 0 Å². The quantitative estimate of drug-likeness (QED) is 0.619. The monoisotopic (exact) mass is 282 g/mol. The van der Waals surface area contributed by atoms with Crippen molar-refractivity contribution in [2.45, 2.75) is 59.3 Å². The molecule has 0 aliphatic carbocycles. The van der Waals surface area contributed by atoms with Gasteiger partial charge in [-0.25, -0.2) is 0 Å². The third-order valence-corrected chi connectivity index (χ3v) is 3.23. The highest BCUT2D eigenvalue weighted by atomic mass is 16.7. The molecule has 0 N–H and O–H groups in total. The molecule has 0 radical (unpaired) electrons. The number of ketones is 1. The molecule has 0 atom stereocenters. The Bertz CT molecular complexity index is 394. The van der Waals surface area contributed by atoms with Crippen molar-refractivity contribution in [1.82, 2.24) is 9.78 Å². The Morgan fingerprint density at radius 3 is 2.30 bits per heavy atom. The van der Waals surface area contributed by atoms with Crippen molar-refractivity contribution in [2.75, 3.05) is 13.2 Å². The van der Waals surface area contributed by atoms with Crippen LogP contribution >= 0.6 is 0 Å². The molecule has 0 saturated heterocycles. The minimum Gasteiger partial charge on any atom is -0.346 e. The number of carbonyl (C=O) groups excluding carboxylic acids is 1. The van der Waals surface area contributed by atoms with E-state index in [0.29, 0.717) is 19.3 Å². The maximum atomic E-state index is 12.1. The van der Waals surface area contributed by atoms with Crippen LogP contribution < -0.4 is 0 Å². The molecule has 114 valence electrons. The molecule has 0 spiro atoms. The van der Waals surface area contributed by atoms with Crippen molar-refractivity contribution in [3.63, 3.8) is 0 Å². The largest absolute Gasteiger partial charge is 0.346 e. The average Bonchev–Trinajstić information content (AvgIpc) is 2.88. The number of ether oxygens (including phenoxy) is 2. The topological polar surface area (TPSA) is 53.4 Å². The Morgan fingerprint density at radius 2 is 1.80 bits per heavy atom.